The first kappa shape index (κ1) is 11.5. The van der Waals surface area contributed by atoms with Crippen molar-refractivity contribution in [3.63, 3.8) is 0 Å². The second kappa shape index (κ2) is 5.35. The lowest BCUT2D eigenvalue weighted by Crippen LogP contribution is -2.33. The number of carbonyl (C=O) groups excluding carboxylic acids is 1. The van der Waals surface area contributed by atoms with Gasteiger partial charge in [-0.2, -0.15) is 0 Å². The van der Waals surface area contributed by atoms with E-state index in [0.29, 0.717) is 6.42 Å². The third-order valence-electron chi connectivity index (χ3n) is 2.83. The summed E-state index contributed by atoms with van der Waals surface area (Å²) in [7, 11) is 0. The maximum absolute atomic E-state index is 11.7. The molecule has 3 heteroatoms. The highest BCUT2D eigenvalue weighted by Gasteiger charge is 2.25. The second-order valence-corrected chi connectivity index (χ2v) is 4.46. The van der Waals surface area contributed by atoms with Gasteiger partial charge in [0.05, 0.1) is 0 Å². The highest BCUT2D eigenvalue weighted by Crippen LogP contribution is 2.21. The van der Waals surface area contributed by atoms with Crippen molar-refractivity contribution in [2.75, 3.05) is 13.1 Å². The molecule has 1 saturated heterocycles. The van der Waals surface area contributed by atoms with E-state index in [-0.39, 0.29) is 11.9 Å². The Balaban J connectivity index is 2.30. The van der Waals surface area contributed by atoms with Gasteiger partial charge in [-0.1, -0.05) is 13.3 Å². The molecule has 1 heterocycles. The van der Waals surface area contributed by atoms with E-state index >= 15 is 0 Å². The SMILES string of the molecule is CCCC1CCN(C(=O)CC(C)N)C1. The van der Waals surface area contributed by atoms with Crippen LogP contribution in [0.1, 0.15) is 39.5 Å². The number of nitrogens with zero attached hydrogens (tertiary/aromatic N) is 1. The predicted molar refractivity (Wildman–Crippen MR) is 57.9 cm³/mol. The van der Waals surface area contributed by atoms with Crippen molar-refractivity contribution in [2.45, 2.75) is 45.6 Å². The van der Waals surface area contributed by atoms with E-state index in [0.717, 1.165) is 19.0 Å². The fraction of sp³-hybridized carbons (Fsp3) is 0.909. The molecular weight excluding hydrogens is 176 g/mol. The van der Waals surface area contributed by atoms with Crippen LogP contribution < -0.4 is 5.73 Å². The van der Waals surface area contributed by atoms with E-state index in [1.165, 1.54) is 19.3 Å². The van der Waals surface area contributed by atoms with Crippen LogP contribution in [0, 0.1) is 5.92 Å². The Morgan fingerprint density at radius 3 is 2.93 bits per heavy atom. The van der Waals surface area contributed by atoms with Gasteiger partial charge in [0, 0.05) is 25.6 Å². The van der Waals surface area contributed by atoms with Crippen molar-refractivity contribution < 1.29 is 4.79 Å². The zero-order chi connectivity index (χ0) is 10.6. The minimum absolute atomic E-state index is 0.00674. The van der Waals surface area contributed by atoms with E-state index in [2.05, 4.69) is 6.92 Å². The minimum Gasteiger partial charge on any atom is -0.342 e. The third kappa shape index (κ3) is 3.29. The summed E-state index contributed by atoms with van der Waals surface area (Å²) in [5.41, 5.74) is 5.61. The van der Waals surface area contributed by atoms with Crippen molar-refractivity contribution in [1.29, 1.82) is 0 Å². The van der Waals surface area contributed by atoms with Gasteiger partial charge in [-0.15, -0.1) is 0 Å². The number of hydrogen-bond donors (Lipinski definition) is 1. The molecule has 82 valence electrons. The van der Waals surface area contributed by atoms with E-state index in [4.69, 9.17) is 5.73 Å². The molecule has 0 aliphatic carbocycles. The fourth-order valence-electron chi connectivity index (χ4n) is 2.11. The van der Waals surface area contributed by atoms with Crippen molar-refractivity contribution in [1.82, 2.24) is 4.90 Å². The Hall–Kier alpha value is -0.570. The van der Waals surface area contributed by atoms with Crippen LogP contribution >= 0.6 is 0 Å². The largest absolute Gasteiger partial charge is 0.342 e. The number of carbonyl (C=O) groups is 1. The normalized spacial score (nSPS) is 23.9. The van der Waals surface area contributed by atoms with E-state index in [1.54, 1.807) is 0 Å². The summed E-state index contributed by atoms with van der Waals surface area (Å²) in [6.07, 6.45) is 4.15. The van der Waals surface area contributed by atoms with Crippen LogP contribution in [0.2, 0.25) is 0 Å². The van der Waals surface area contributed by atoms with Crippen LogP contribution in [-0.2, 0) is 4.79 Å². The Morgan fingerprint density at radius 2 is 2.36 bits per heavy atom. The molecule has 0 bridgehead atoms. The number of amides is 1. The molecule has 2 N–H and O–H groups in total. The van der Waals surface area contributed by atoms with Gasteiger partial charge in [0.15, 0.2) is 0 Å². The summed E-state index contributed by atoms with van der Waals surface area (Å²) in [4.78, 5) is 13.6. The smallest absolute Gasteiger partial charge is 0.224 e. The molecular formula is C11H22N2O. The topological polar surface area (TPSA) is 46.3 Å². The first-order valence-electron chi connectivity index (χ1n) is 5.66. The second-order valence-electron chi connectivity index (χ2n) is 4.46. The molecule has 1 aliphatic heterocycles. The fourth-order valence-corrected chi connectivity index (χ4v) is 2.11. The molecule has 0 spiro atoms. The molecule has 0 aromatic heterocycles. The lowest BCUT2D eigenvalue weighted by Gasteiger charge is -2.17. The van der Waals surface area contributed by atoms with Gasteiger partial charge >= 0.3 is 0 Å². The lowest BCUT2D eigenvalue weighted by atomic mass is 10.0. The Labute approximate surface area is 86.6 Å². The van der Waals surface area contributed by atoms with Gasteiger partial charge in [-0.05, 0) is 25.7 Å². The molecule has 14 heavy (non-hydrogen) atoms. The molecule has 1 aliphatic rings. The van der Waals surface area contributed by atoms with Crippen LogP contribution in [0.4, 0.5) is 0 Å². The summed E-state index contributed by atoms with van der Waals surface area (Å²) < 4.78 is 0. The van der Waals surface area contributed by atoms with Crippen molar-refractivity contribution in [2.24, 2.45) is 11.7 Å². The highest BCUT2D eigenvalue weighted by molar-refractivity contribution is 5.77. The molecule has 2 unspecified atom stereocenters. The van der Waals surface area contributed by atoms with E-state index in [9.17, 15) is 4.79 Å². The summed E-state index contributed by atoms with van der Waals surface area (Å²) in [6.45, 7) is 5.99. The minimum atomic E-state index is -0.00674. The van der Waals surface area contributed by atoms with E-state index < -0.39 is 0 Å². The van der Waals surface area contributed by atoms with Gasteiger partial charge in [0.2, 0.25) is 5.91 Å². The van der Waals surface area contributed by atoms with Crippen molar-refractivity contribution in [3.8, 4) is 0 Å². The Morgan fingerprint density at radius 1 is 1.64 bits per heavy atom. The van der Waals surface area contributed by atoms with Crippen LogP contribution in [0.25, 0.3) is 0 Å². The molecule has 3 nitrogen and oxygen atoms in total. The number of rotatable bonds is 4. The van der Waals surface area contributed by atoms with Crippen LogP contribution in [0.3, 0.4) is 0 Å². The summed E-state index contributed by atoms with van der Waals surface area (Å²) in [5.74, 6) is 0.968. The summed E-state index contributed by atoms with van der Waals surface area (Å²) in [5, 5.41) is 0. The molecule has 0 radical (unpaired) electrons. The number of hydrogen-bond acceptors (Lipinski definition) is 2. The quantitative estimate of drug-likeness (QED) is 0.741. The maximum atomic E-state index is 11.7. The Bertz CT molecular complexity index is 192. The van der Waals surface area contributed by atoms with Crippen LogP contribution in [0.5, 0.6) is 0 Å². The number of likely N-dealkylation sites (tertiary alicyclic amines) is 1. The van der Waals surface area contributed by atoms with E-state index in [1.807, 2.05) is 11.8 Å². The van der Waals surface area contributed by atoms with Crippen LogP contribution in [0.15, 0.2) is 0 Å². The zero-order valence-electron chi connectivity index (χ0n) is 9.33. The van der Waals surface area contributed by atoms with Gasteiger partial charge in [-0.3, -0.25) is 4.79 Å². The van der Waals surface area contributed by atoms with Crippen LogP contribution in [-0.4, -0.2) is 29.9 Å². The van der Waals surface area contributed by atoms with Gasteiger partial charge in [0.25, 0.3) is 0 Å². The third-order valence-corrected chi connectivity index (χ3v) is 2.83. The lowest BCUT2D eigenvalue weighted by molar-refractivity contribution is -0.130. The molecule has 0 saturated carbocycles. The van der Waals surface area contributed by atoms with Crippen molar-refractivity contribution >= 4 is 5.91 Å². The zero-order valence-corrected chi connectivity index (χ0v) is 9.33. The first-order valence-corrected chi connectivity index (χ1v) is 5.66. The summed E-state index contributed by atoms with van der Waals surface area (Å²) in [6, 6.07) is -0.00674. The molecule has 0 aromatic carbocycles. The monoisotopic (exact) mass is 198 g/mol. The average molecular weight is 198 g/mol. The molecule has 1 fully saturated rings. The number of nitrogens with two attached hydrogens (primary N) is 1. The molecule has 1 amide bonds. The molecule has 0 aromatic rings. The van der Waals surface area contributed by atoms with Crippen molar-refractivity contribution in [3.05, 3.63) is 0 Å². The Kier molecular flexibility index (Phi) is 4.39. The molecule has 1 rings (SSSR count). The van der Waals surface area contributed by atoms with Gasteiger partial charge in [0.1, 0.15) is 0 Å². The average Bonchev–Trinajstić information content (AvgIpc) is 2.52. The summed E-state index contributed by atoms with van der Waals surface area (Å²) >= 11 is 0. The highest BCUT2D eigenvalue weighted by atomic mass is 16.2. The maximum Gasteiger partial charge on any atom is 0.224 e. The standard InChI is InChI=1S/C11H22N2O/c1-3-4-10-5-6-13(8-10)11(14)7-9(2)12/h9-10H,3-8,12H2,1-2H3. The molecule has 2 atom stereocenters. The first-order chi connectivity index (χ1) is 6.63. The predicted octanol–water partition coefficient (Wildman–Crippen LogP) is 1.37. The van der Waals surface area contributed by atoms with Gasteiger partial charge < -0.3 is 10.6 Å². The van der Waals surface area contributed by atoms with Gasteiger partial charge in [-0.25, -0.2) is 0 Å².